The molecule has 0 radical (unpaired) electrons. The molecule has 0 saturated heterocycles. The molecule has 21 heavy (non-hydrogen) atoms. The van der Waals surface area contributed by atoms with Crippen molar-refractivity contribution in [3.05, 3.63) is 29.6 Å². The molecule has 0 aromatic heterocycles. The van der Waals surface area contributed by atoms with Gasteiger partial charge in [0.2, 0.25) is 0 Å². The number of carbonyl (C=O) groups is 2. The van der Waals surface area contributed by atoms with Crippen LogP contribution in [0.4, 0.5) is 14.9 Å². The van der Waals surface area contributed by atoms with Crippen LogP contribution in [-0.2, 0) is 0 Å². The lowest BCUT2D eigenvalue weighted by Crippen LogP contribution is -2.43. The van der Waals surface area contributed by atoms with Gasteiger partial charge in [0.25, 0.3) is 0 Å². The fourth-order valence-corrected chi connectivity index (χ4v) is 2.61. The molecule has 5 nitrogen and oxygen atoms in total. The van der Waals surface area contributed by atoms with Crippen molar-refractivity contribution in [1.82, 2.24) is 5.32 Å². The lowest BCUT2D eigenvalue weighted by atomic mass is 9.86. The maximum atomic E-state index is 13.7. The van der Waals surface area contributed by atoms with Crippen LogP contribution in [0, 0.1) is 11.7 Å². The second-order valence-corrected chi connectivity index (χ2v) is 5.47. The van der Waals surface area contributed by atoms with Crippen LogP contribution < -0.4 is 10.6 Å². The first-order valence-corrected chi connectivity index (χ1v) is 7.07. The molecule has 0 aliphatic heterocycles. The van der Waals surface area contributed by atoms with Crippen LogP contribution in [0.5, 0.6) is 0 Å². The molecule has 1 aromatic rings. The zero-order chi connectivity index (χ0) is 15.4. The molecule has 3 N–H and O–H groups in total. The van der Waals surface area contributed by atoms with Gasteiger partial charge in [-0.05, 0) is 37.0 Å². The Morgan fingerprint density at radius 3 is 2.62 bits per heavy atom. The minimum Gasteiger partial charge on any atom is -0.478 e. The third-order valence-corrected chi connectivity index (χ3v) is 3.89. The molecule has 2 atom stereocenters. The first-order valence-electron chi connectivity index (χ1n) is 7.07. The van der Waals surface area contributed by atoms with Gasteiger partial charge < -0.3 is 15.7 Å². The molecule has 1 fully saturated rings. The molecule has 1 saturated carbocycles. The Kier molecular flexibility index (Phi) is 4.77. The van der Waals surface area contributed by atoms with E-state index in [-0.39, 0.29) is 17.3 Å². The van der Waals surface area contributed by atoms with Gasteiger partial charge in [-0.15, -0.1) is 0 Å². The summed E-state index contributed by atoms with van der Waals surface area (Å²) in [6.07, 6.45) is 4.25. The third-order valence-electron chi connectivity index (χ3n) is 3.89. The summed E-state index contributed by atoms with van der Waals surface area (Å²) in [6.45, 7) is 2.09. The summed E-state index contributed by atoms with van der Waals surface area (Å²) in [7, 11) is 0. The predicted molar refractivity (Wildman–Crippen MR) is 76.9 cm³/mol. The standard InChI is InChI=1S/C15H19FN2O3/c1-9-4-2-3-5-12(9)17-15(21)18-13-7-6-10(14(19)20)8-11(13)16/h6-9,12H,2-5H2,1H3,(H,19,20)(H2,17,18,21). The van der Waals surface area contributed by atoms with Crippen molar-refractivity contribution in [3.63, 3.8) is 0 Å². The molecule has 1 aromatic carbocycles. The molecule has 1 aliphatic carbocycles. The van der Waals surface area contributed by atoms with E-state index in [1.54, 1.807) is 0 Å². The number of rotatable bonds is 3. The van der Waals surface area contributed by atoms with E-state index in [1.807, 2.05) is 0 Å². The maximum Gasteiger partial charge on any atom is 0.335 e. The van der Waals surface area contributed by atoms with Crippen LogP contribution >= 0.6 is 0 Å². The second kappa shape index (κ2) is 6.56. The molecular formula is C15H19FN2O3. The van der Waals surface area contributed by atoms with Gasteiger partial charge in [0.15, 0.2) is 0 Å². The van der Waals surface area contributed by atoms with Gasteiger partial charge in [-0.2, -0.15) is 0 Å². The number of carboxylic acids is 1. The molecule has 0 spiro atoms. The minimum absolute atomic E-state index is 0.0269. The number of hydrogen-bond donors (Lipinski definition) is 3. The van der Waals surface area contributed by atoms with E-state index in [0.717, 1.165) is 25.3 Å². The number of anilines is 1. The van der Waals surface area contributed by atoms with Crippen LogP contribution in [0.3, 0.4) is 0 Å². The molecule has 114 valence electrons. The quantitative estimate of drug-likeness (QED) is 0.801. The van der Waals surface area contributed by atoms with Crippen LogP contribution in [0.25, 0.3) is 0 Å². The van der Waals surface area contributed by atoms with E-state index in [9.17, 15) is 14.0 Å². The van der Waals surface area contributed by atoms with Crippen molar-refractivity contribution >= 4 is 17.7 Å². The average molecular weight is 294 g/mol. The Morgan fingerprint density at radius 1 is 1.29 bits per heavy atom. The normalized spacial score (nSPS) is 21.6. The number of aromatic carboxylic acids is 1. The van der Waals surface area contributed by atoms with Crippen molar-refractivity contribution in [3.8, 4) is 0 Å². The van der Waals surface area contributed by atoms with Crippen LogP contribution in [0.1, 0.15) is 43.0 Å². The van der Waals surface area contributed by atoms with Gasteiger partial charge in [0, 0.05) is 6.04 Å². The molecule has 2 rings (SSSR count). The highest BCUT2D eigenvalue weighted by atomic mass is 19.1. The van der Waals surface area contributed by atoms with Crippen molar-refractivity contribution in [2.24, 2.45) is 5.92 Å². The first kappa shape index (κ1) is 15.3. The summed E-state index contributed by atoms with van der Waals surface area (Å²) in [5.41, 5.74) is -0.180. The molecule has 6 heteroatoms. The second-order valence-electron chi connectivity index (χ2n) is 5.47. The first-order chi connectivity index (χ1) is 9.97. The number of nitrogens with one attached hydrogen (secondary N) is 2. The topological polar surface area (TPSA) is 78.4 Å². The Morgan fingerprint density at radius 2 is 2.00 bits per heavy atom. The maximum absolute atomic E-state index is 13.7. The number of urea groups is 1. The van der Waals surface area contributed by atoms with Gasteiger partial charge in [-0.3, -0.25) is 0 Å². The van der Waals surface area contributed by atoms with Crippen molar-refractivity contribution in [2.45, 2.75) is 38.6 Å². The Balaban J connectivity index is 1.97. The number of carbonyl (C=O) groups excluding carboxylic acids is 1. The number of carboxylic acid groups (broad SMARTS) is 1. The van der Waals surface area contributed by atoms with Crippen LogP contribution in [0.2, 0.25) is 0 Å². The highest BCUT2D eigenvalue weighted by molar-refractivity contribution is 5.91. The largest absolute Gasteiger partial charge is 0.478 e. The van der Waals surface area contributed by atoms with E-state index in [0.29, 0.717) is 5.92 Å². The van der Waals surface area contributed by atoms with E-state index < -0.39 is 17.8 Å². The smallest absolute Gasteiger partial charge is 0.335 e. The third kappa shape index (κ3) is 3.93. The fraction of sp³-hybridized carbons (Fsp3) is 0.467. The molecule has 0 heterocycles. The lowest BCUT2D eigenvalue weighted by Gasteiger charge is -2.29. The number of hydrogen-bond acceptors (Lipinski definition) is 2. The van der Waals surface area contributed by atoms with Crippen LogP contribution in [-0.4, -0.2) is 23.1 Å². The minimum atomic E-state index is -1.21. The highest BCUT2D eigenvalue weighted by Crippen LogP contribution is 2.24. The van der Waals surface area contributed by atoms with Crippen molar-refractivity contribution in [1.29, 1.82) is 0 Å². The van der Waals surface area contributed by atoms with Gasteiger partial charge in [-0.1, -0.05) is 19.8 Å². The molecular weight excluding hydrogens is 275 g/mol. The Labute approximate surface area is 122 Å². The number of amides is 2. The van der Waals surface area contributed by atoms with Gasteiger partial charge >= 0.3 is 12.0 Å². The summed E-state index contributed by atoms with van der Waals surface area (Å²) in [6, 6.07) is 3.03. The van der Waals surface area contributed by atoms with Crippen molar-refractivity contribution in [2.75, 3.05) is 5.32 Å². The summed E-state index contributed by atoms with van der Waals surface area (Å²) in [5.74, 6) is -1.56. The molecule has 0 bridgehead atoms. The van der Waals surface area contributed by atoms with Gasteiger partial charge in [0.1, 0.15) is 5.82 Å². The van der Waals surface area contributed by atoms with Crippen LogP contribution in [0.15, 0.2) is 18.2 Å². The summed E-state index contributed by atoms with van der Waals surface area (Å²) in [4.78, 5) is 22.6. The Hall–Kier alpha value is -2.11. The summed E-state index contributed by atoms with van der Waals surface area (Å²) in [5, 5.41) is 14.0. The zero-order valence-corrected chi connectivity index (χ0v) is 11.9. The monoisotopic (exact) mass is 294 g/mol. The number of benzene rings is 1. The zero-order valence-electron chi connectivity index (χ0n) is 11.9. The Bertz CT molecular complexity index is 548. The highest BCUT2D eigenvalue weighted by Gasteiger charge is 2.23. The molecule has 2 amide bonds. The van der Waals surface area contributed by atoms with Crippen molar-refractivity contribution < 1.29 is 19.1 Å². The van der Waals surface area contributed by atoms with Gasteiger partial charge in [0.05, 0.1) is 11.3 Å². The molecule has 2 unspecified atom stereocenters. The number of halogens is 1. The molecule has 1 aliphatic rings. The summed E-state index contributed by atoms with van der Waals surface area (Å²) < 4.78 is 13.7. The fourth-order valence-electron chi connectivity index (χ4n) is 2.61. The van der Waals surface area contributed by atoms with E-state index in [1.165, 1.54) is 18.6 Å². The van der Waals surface area contributed by atoms with Gasteiger partial charge in [-0.25, -0.2) is 14.0 Å². The SMILES string of the molecule is CC1CCCCC1NC(=O)Nc1ccc(C(=O)O)cc1F. The predicted octanol–water partition coefficient (Wildman–Crippen LogP) is 3.22. The van der Waals surface area contributed by atoms with E-state index >= 15 is 0 Å². The lowest BCUT2D eigenvalue weighted by molar-refractivity contribution is 0.0696. The van der Waals surface area contributed by atoms with E-state index in [4.69, 9.17) is 5.11 Å². The van der Waals surface area contributed by atoms with E-state index in [2.05, 4.69) is 17.6 Å². The average Bonchev–Trinajstić information content (AvgIpc) is 2.43. The summed E-state index contributed by atoms with van der Waals surface area (Å²) >= 11 is 0.